The summed E-state index contributed by atoms with van der Waals surface area (Å²) < 4.78 is 7.25. The molecule has 0 aromatic carbocycles. The van der Waals surface area contributed by atoms with Crippen molar-refractivity contribution in [2.75, 3.05) is 5.32 Å². The molecule has 0 bridgehead atoms. The quantitative estimate of drug-likeness (QED) is 0.875. The number of rotatable bonds is 4. The molecule has 0 spiro atoms. The Morgan fingerprint density at radius 3 is 2.63 bits per heavy atom. The van der Waals surface area contributed by atoms with Crippen molar-refractivity contribution < 1.29 is 4.42 Å². The van der Waals surface area contributed by atoms with E-state index < -0.39 is 0 Å². The van der Waals surface area contributed by atoms with Crippen molar-refractivity contribution in [3.63, 3.8) is 0 Å². The Bertz CT molecular complexity index is 551. The summed E-state index contributed by atoms with van der Waals surface area (Å²) in [6, 6.07) is 0.377. The average molecular weight is 264 g/mol. The molecule has 0 amide bonds. The molecule has 0 saturated carbocycles. The van der Waals surface area contributed by atoms with Crippen molar-refractivity contribution >= 4 is 11.7 Å². The van der Waals surface area contributed by atoms with Gasteiger partial charge >= 0.3 is 6.01 Å². The molecular formula is C12H20N6O. The van der Waals surface area contributed by atoms with Gasteiger partial charge in [-0.25, -0.2) is 0 Å². The van der Waals surface area contributed by atoms with Crippen molar-refractivity contribution in [3.05, 3.63) is 17.8 Å². The van der Waals surface area contributed by atoms with Gasteiger partial charge in [0.05, 0.1) is 17.9 Å². The van der Waals surface area contributed by atoms with Crippen LogP contribution < -0.4 is 10.6 Å². The first-order valence-corrected chi connectivity index (χ1v) is 6.18. The van der Waals surface area contributed by atoms with E-state index in [-0.39, 0.29) is 5.54 Å². The minimum absolute atomic E-state index is 0.0159. The zero-order valence-corrected chi connectivity index (χ0v) is 12.0. The van der Waals surface area contributed by atoms with E-state index in [2.05, 4.69) is 46.7 Å². The molecule has 2 aromatic rings. The highest BCUT2D eigenvalue weighted by molar-refractivity contribution is 5.53. The minimum Gasteiger partial charge on any atom is -0.406 e. The van der Waals surface area contributed by atoms with E-state index in [9.17, 15) is 0 Å². The Hall–Kier alpha value is -1.89. The lowest BCUT2D eigenvalue weighted by molar-refractivity contribution is 0.384. The van der Waals surface area contributed by atoms with Crippen molar-refractivity contribution in [2.24, 2.45) is 7.05 Å². The maximum absolute atomic E-state index is 5.51. The Morgan fingerprint density at radius 1 is 1.32 bits per heavy atom. The Kier molecular flexibility index (Phi) is 3.57. The first-order chi connectivity index (χ1) is 8.83. The van der Waals surface area contributed by atoms with Gasteiger partial charge in [-0.05, 0) is 27.7 Å². The summed E-state index contributed by atoms with van der Waals surface area (Å²) in [5, 5.41) is 18.5. The van der Waals surface area contributed by atoms with Crippen LogP contribution in [0.2, 0.25) is 0 Å². The second-order valence-corrected chi connectivity index (χ2v) is 5.53. The summed E-state index contributed by atoms with van der Waals surface area (Å²) in [5.74, 6) is 0.555. The molecule has 7 heteroatoms. The maximum atomic E-state index is 5.51. The van der Waals surface area contributed by atoms with Crippen LogP contribution >= 0.6 is 0 Å². The fourth-order valence-electron chi connectivity index (χ4n) is 1.55. The van der Waals surface area contributed by atoms with Gasteiger partial charge in [0.1, 0.15) is 0 Å². The molecule has 2 aromatic heterocycles. The fourth-order valence-corrected chi connectivity index (χ4v) is 1.55. The molecule has 2 N–H and O–H groups in total. The fraction of sp³-hybridized carbons (Fsp3) is 0.583. The predicted octanol–water partition coefficient (Wildman–Crippen LogP) is 1.74. The lowest BCUT2D eigenvalue weighted by atomic mass is 10.1. The maximum Gasteiger partial charge on any atom is 0.320 e. The normalized spacial score (nSPS) is 11.8. The molecule has 2 rings (SSSR count). The van der Waals surface area contributed by atoms with E-state index >= 15 is 0 Å². The summed E-state index contributed by atoms with van der Waals surface area (Å²) in [7, 11) is 1.87. The van der Waals surface area contributed by atoms with Gasteiger partial charge in [0.15, 0.2) is 0 Å². The second kappa shape index (κ2) is 5.00. The van der Waals surface area contributed by atoms with Crippen LogP contribution in [0.3, 0.4) is 0 Å². The molecule has 19 heavy (non-hydrogen) atoms. The number of nitrogens with one attached hydrogen (secondary N) is 2. The van der Waals surface area contributed by atoms with Crippen molar-refractivity contribution in [1.29, 1.82) is 0 Å². The standard InChI is InChI=1S/C12H20N6O/c1-8-9(7-18(5)17-8)14-11-16-15-10(19-11)6-13-12(2,3)4/h7,13H,6H2,1-5H3,(H,14,16). The van der Waals surface area contributed by atoms with E-state index in [0.29, 0.717) is 18.5 Å². The van der Waals surface area contributed by atoms with Crippen LogP contribution in [0, 0.1) is 6.92 Å². The van der Waals surface area contributed by atoms with Gasteiger partial charge in [-0.3, -0.25) is 4.68 Å². The molecular weight excluding hydrogens is 244 g/mol. The van der Waals surface area contributed by atoms with Crippen LogP contribution in [0.15, 0.2) is 10.6 Å². The smallest absolute Gasteiger partial charge is 0.320 e. The first kappa shape index (κ1) is 13.5. The van der Waals surface area contributed by atoms with Gasteiger partial charge in [-0.15, -0.1) is 5.10 Å². The molecule has 2 heterocycles. The van der Waals surface area contributed by atoms with Crippen LogP contribution in [0.5, 0.6) is 0 Å². The SMILES string of the molecule is Cc1nn(C)cc1Nc1nnc(CNC(C)(C)C)o1. The highest BCUT2D eigenvalue weighted by Gasteiger charge is 2.13. The first-order valence-electron chi connectivity index (χ1n) is 6.18. The van der Waals surface area contributed by atoms with Crippen LogP contribution in [0.25, 0.3) is 0 Å². The molecule has 104 valence electrons. The zero-order valence-electron chi connectivity index (χ0n) is 12.0. The highest BCUT2D eigenvalue weighted by Crippen LogP contribution is 2.18. The van der Waals surface area contributed by atoms with Crippen LogP contribution in [0.1, 0.15) is 32.4 Å². The monoisotopic (exact) mass is 264 g/mol. The zero-order chi connectivity index (χ0) is 14.0. The molecule has 7 nitrogen and oxygen atoms in total. The highest BCUT2D eigenvalue weighted by atomic mass is 16.4. The molecule has 0 aliphatic rings. The van der Waals surface area contributed by atoms with Gasteiger partial charge in [0.2, 0.25) is 5.89 Å². The largest absolute Gasteiger partial charge is 0.406 e. The Morgan fingerprint density at radius 2 is 2.05 bits per heavy atom. The molecule has 0 atom stereocenters. The topological polar surface area (TPSA) is 80.8 Å². The number of anilines is 2. The van der Waals surface area contributed by atoms with E-state index in [1.807, 2.05) is 20.2 Å². The number of aryl methyl sites for hydroxylation is 2. The van der Waals surface area contributed by atoms with Crippen LogP contribution in [-0.2, 0) is 13.6 Å². The molecule has 0 radical (unpaired) electrons. The summed E-state index contributed by atoms with van der Waals surface area (Å²) >= 11 is 0. The predicted molar refractivity (Wildman–Crippen MR) is 72.1 cm³/mol. The molecule has 0 aliphatic carbocycles. The van der Waals surface area contributed by atoms with Gasteiger partial charge in [-0.1, -0.05) is 5.10 Å². The van der Waals surface area contributed by atoms with E-state index in [4.69, 9.17) is 4.42 Å². The number of hydrogen-bond donors (Lipinski definition) is 2. The number of nitrogens with zero attached hydrogens (tertiary/aromatic N) is 4. The number of aromatic nitrogens is 4. The molecule has 0 aliphatic heterocycles. The van der Waals surface area contributed by atoms with Crippen LogP contribution in [-0.4, -0.2) is 25.5 Å². The summed E-state index contributed by atoms with van der Waals surface area (Å²) in [5.41, 5.74) is 1.76. The minimum atomic E-state index is 0.0159. The molecule has 0 fully saturated rings. The third kappa shape index (κ3) is 3.78. The van der Waals surface area contributed by atoms with Crippen LogP contribution in [0.4, 0.5) is 11.7 Å². The van der Waals surface area contributed by atoms with Gasteiger partial charge in [0.25, 0.3) is 0 Å². The lowest BCUT2D eigenvalue weighted by Crippen LogP contribution is -2.35. The molecule has 0 unspecified atom stereocenters. The summed E-state index contributed by atoms with van der Waals surface area (Å²) in [6.07, 6.45) is 1.87. The Labute approximate surface area is 112 Å². The van der Waals surface area contributed by atoms with Gasteiger partial charge in [0, 0.05) is 18.8 Å². The lowest BCUT2D eigenvalue weighted by Gasteiger charge is -2.18. The van der Waals surface area contributed by atoms with E-state index in [1.54, 1.807) is 4.68 Å². The van der Waals surface area contributed by atoms with Gasteiger partial charge in [-0.2, -0.15) is 5.10 Å². The summed E-state index contributed by atoms with van der Waals surface area (Å²) in [4.78, 5) is 0. The Balaban J connectivity index is 1.99. The van der Waals surface area contributed by atoms with Crippen molar-refractivity contribution in [1.82, 2.24) is 25.3 Å². The third-order valence-electron chi connectivity index (χ3n) is 2.49. The average Bonchev–Trinajstić information content (AvgIpc) is 2.83. The van der Waals surface area contributed by atoms with Crippen molar-refractivity contribution in [2.45, 2.75) is 39.8 Å². The van der Waals surface area contributed by atoms with Crippen molar-refractivity contribution in [3.8, 4) is 0 Å². The summed E-state index contributed by atoms with van der Waals surface area (Å²) in [6.45, 7) is 8.72. The number of hydrogen-bond acceptors (Lipinski definition) is 6. The second-order valence-electron chi connectivity index (χ2n) is 5.53. The van der Waals surface area contributed by atoms with Gasteiger partial charge < -0.3 is 15.1 Å². The molecule has 0 saturated heterocycles. The third-order valence-corrected chi connectivity index (χ3v) is 2.49. The van der Waals surface area contributed by atoms with E-state index in [1.165, 1.54) is 0 Å². The van der Waals surface area contributed by atoms with E-state index in [0.717, 1.165) is 11.4 Å².